The normalized spacial score (nSPS) is 11.5. The summed E-state index contributed by atoms with van der Waals surface area (Å²) < 4.78 is 0. The van der Waals surface area contributed by atoms with Gasteiger partial charge < -0.3 is 10.4 Å². The lowest BCUT2D eigenvalue weighted by Crippen LogP contribution is -2.42. The number of aromatic nitrogens is 1. The van der Waals surface area contributed by atoms with E-state index in [1.54, 1.807) is 6.07 Å². The number of rotatable bonds is 6. The van der Waals surface area contributed by atoms with Crippen molar-refractivity contribution in [2.45, 2.75) is 12.5 Å². The maximum atomic E-state index is 12.0. The number of hydrogen-bond acceptors (Lipinski definition) is 5. The first-order valence-corrected chi connectivity index (χ1v) is 6.65. The Morgan fingerprint density at radius 2 is 1.87 bits per heavy atom. The molecular formula is C15H13N3O5. The molecule has 0 aliphatic carbocycles. The fraction of sp³-hybridized carbons (Fsp3) is 0.133. The quantitative estimate of drug-likeness (QED) is 0.614. The van der Waals surface area contributed by atoms with Crippen LogP contribution < -0.4 is 5.32 Å². The van der Waals surface area contributed by atoms with Gasteiger partial charge in [-0.3, -0.25) is 19.9 Å². The van der Waals surface area contributed by atoms with Crippen LogP contribution in [0.3, 0.4) is 0 Å². The van der Waals surface area contributed by atoms with Gasteiger partial charge in [-0.25, -0.2) is 4.79 Å². The molecule has 1 aromatic heterocycles. The van der Waals surface area contributed by atoms with Gasteiger partial charge in [-0.15, -0.1) is 0 Å². The minimum Gasteiger partial charge on any atom is -0.480 e. The van der Waals surface area contributed by atoms with Crippen molar-refractivity contribution in [3.63, 3.8) is 0 Å². The first kappa shape index (κ1) is 16.1. The molecule has 1 heterocycles. The number of para-hydroxylation sites is 1. The molecule has 8 heteroatoms. The van der Waals surface area contributed by atoms with Gasteiger partial charge >= 0.3 is 5.97 Å². The van der Waals surface area contributed by atoms with E-state index in [1.165, 1.54) is 42.7 Å². The average Bonchev–Trinajstić information content (AvgIpc) is 2.55. The summed E-state index contributed by atoms with van der Waals surface area (Å²) in [6, 6.07) is 7.43. The third-order valence-corrected chi connectivity index (χ3v) is 3.16. The minimum atomic E-state index is -1.28. The van der Waals surface area contributed by atoms with Gasteiger partial charge in [-0.05, 0) is 12.1 Å². The van der Waals surface area contributed by atoms with Gasteiger partial charge in [0.05, 0.1) is 4.92 Å². The Balaban J connectivity index is 2.19. The van der Waals surface area contributed by atoms with Crippen LogP contribution in [0.5, 0.6) is 0 Å². The summed E-state index contributed by atoms with van der Waals surface area (Å²) in [5.41, 5.74) is 0.311. The fourth-order valence-electron chi connectivity index (χ4n) is 2.03. The molecule has 0 fully saturated rings. The highest BCUT2D eigenvalue weighted by molar-refractivity contribution is 5.96. The Kier molecular flexibility index (Phi) is 4.98. The maximum Gasteiger partial charge on any atom is 0.326 e. The predicted octanol–water partition coefficient (Wildman–Crippen LogP) is 1.42. The molecule has 2 rings (SSSR count). The summed E-state index contributed by atoms with van der Waals surface area (Å²) in [5.74, 6) is -1.86. The smallest absolute Gasteiger partial charge is 0.326 e. The van der Waals surface area contributed by atoms with E-state index in [-0.39, 0.29) is 23.2 Å². The van der Waals surface area contributed by atoms with Gasteiger partial charge in [-0.1, -0.05) is 18.2 Å². The third kappa shape index (κ3) is 4.10. The van der Waals surface area contributed by atoms with Crippen molar-refractivity contribution in [3.05, 3.63) is 70.0 Å². The number of nitro groups is 1. The summed E-state index contributed by atoms with van der Waals surface area (Å²) in [6.45, 7) is 0. The van der Waals surface area contributed by atoms with Gasteiger partial charge in [0.15, 0.2) is 0 Å². The molecule has 2 N–H and O–H groups in total. The van der Waals surface area contributed by atoms with Crippen LogP contribution in [0.4, 0.5) is 5.69 Å². The lowest BCUT2D eigenvalue weighted by molar-refractivity contribution is -0.385. The predicted molar refractivity (Wildman–Crippen MR) is 79.9 cm³/mol. The van der Waals surface area contributed by atoms with Crippen molar-refractivity contribution in [2.24, 2.45) is 0 Å². The molecule has 2 aromatic rings. The minimum absolute atomic E-state index is 0.183. The zero-order chi connectivity index (χ0) is 16.8. The fourth-order valence-corrected chi connectivity index (χ4v) is 2.03. The van der Waals surface area contributed by atoms with Gasteiger partial charge in [0.1, 0.15) is 6.04 Å². The molecule has 1 atom stereocenters. The van der Waals surface area contributed by atoms with E-state index in [4.69, 9.17) is 0 Å². The van der Waals surface area contributed by atoms with Crippen LogP contribution in [0, 0.1) is 10.1 Å². The molecule has 8 nitrogen and oxygen atoms in total. The second kappa shape index (κ2) is 7.12. The van der Waals surface area contributed by atoms with E-state index in [1.807, 2.05) is 0 Å². The van der Waals surface area contributed by atoms with Crippen LogP contribution in [0.15, 0.2) is 48.8 Å². The molecule has 1 amide bonds. The molecule has 23 heavy (non-hydrogen) atoms. The highest BCUT2D eigenvalue weighted by atomic mass is 16.6. The summed E-state index contributed by atoms with van der Waals surface area (Å²) in [5, 5.41) is 22.6. The third-order valence-electron chi connectivity index (χ3n) is 3.16. The lowest BCUT2D eigenvalue weighted by atomic mass is 10.0. The Morgan fingerprint density at radius 3 is 2.48 bits per heavy atom. The van der Waals surface area contributed by atoms with Crippen molar-refractivity contribution in [2.75, 3.05) is 0 Å². The molecule has 0 bridgehead atoms. The Hall–Kier alpha value is -3.29. The van der Waals surface area contributed by atoms with Crippen molar-refractivity contribution in [1.29, 1.82) is 0 Å². The largest absolute Gasteiger partial charge is 0.480 e. The molecule has 118 valence electrons. The first-order valence-electron chi connectivity index (χ1n) is 6.65. The number of carboxylic acid groups (broad SMARTS) is 1. The van der Waals surface area contributed by atoms with Crippen molar-refractivity contribution >= 4 is 17.6 Å². The Labute approximate surface area is 130 Å². The van der Waals surface area contributed by atoms with Crippen LogP contribution in [-0.2, 0) is 11.2 Å². The van der Waals surface area contributed by atoms with E-state index in [2.05, 4.69) is 10.3 Å². The number of nitro benzene ring substituents is 1. The maximum absolute atomic E-state index is 12.0. The number of hydrogen-bond donors (Lipinski definition) is 2. The number of nitrogens with zero attached hydrogens (tertiary/aromatic N) is 2. The molecule has 0 aliphatic rings. The molecule has 1 aromatic carbocycles. The molecule has 0 spiro atoms. The van der Waals surface area contributed by atoms with Crippen LogP contribution in [0.2, 0.25) is 0 Å². The van der Waals surface area contributed by atoms with Crippen LogP contribution in [0.25, 0.3) is 0 Å². The van der Waals surface area contributed by atoms with Crippen molar-refractivity contribution in [3.8, 4) is 0 Å². The molecule has 0 unspecified atom stereocenters. The monoisotopic (exact) mass is 315 g/mol. The Bertz CT molecular complexity index is 733. The van der Waals surface area contributed by atoms with Crippen molar-refractivity contribution in [1.82, 2.24) is 10.3 Å². The summed E-state index contributed by atoms with van der Waals surface area (Å²) in [4.78, 5) is 37.6. The van der Waals surface area contributed by atoms with Crippen molar-refractivity contribution < 1.29 is 19.6 Å². The second-order valence-corrected chi connectivity index (χ2v) is 4.69. The number of carbonyl (C=O) groups excluding carboxylic acids is 1. The van der Waals surface area contributed by atoms with Crippen LogP contribution >= 0.6 is 0 Å². The van der Waals surface area contributed by atoms with E-state index < -0.39 is 22.8 Å². The standard InChI is InChI=1S/C15H13N3O5/c19-14(10-5-7-16-8-6-10)17-12(15(20)21)9-11-3-1-2-4-13(11)18(22)23/h1-8,12H,9H2,(H,17,19)(H,20,21)/t12-/m0/s1. The SMILES string of the molecule is O=C(N[C@@H](Cc1ccccc1[N+](=O)[O-])C(=O)O)c1ccncc1. The van der Waals surface area contributed by atoms with Crippen LogP contribution in [-0.4, -0.2) is 32.9 Å². The number of benzene rings is 1. The molecular weight excluding hydrogens is 302 g/mol. The molecule has 0 saturated carbocycles. The van der Waals surface area contributed by atoms with Crippen LogP contribution in [0.1, 0.15) is 15.9 Å². The summed E-state index contributed by atoms with van der Waals surface area (Å²) in [7, 11) is 0. The zero-order valence-corrected chi connectivity index (χ0v) is 11.9. The second-order valence-electron chi connectivity index (χ2n) is 4.69. The number of amides is 1. The topological polar surface area (TPSA) is 122 Å². The van der Waals surface area contributed by atoms with Gasteiger partial charge in [0.25, 0.3) is 11.6 Å². The molecule has 0 saturated heterocycles. The highest BCUT2D eigenvalue weighted by Gasteiger charge is 2.24. The summed E-state index contributed by atoms with van der Waals surface area (Å²) >= 11 is 0. The van der Waals surface area contributed by atoms with Gasteiger partial charge in [-0.2, -0.15) is 0 Å². The molecule has 0 radical (unpaired) electrons. The number of aliphatic carboxylic acids is 1. The van der Waals surface area contributed by atoms with E-state index in [0.29, 0.717) is 0 Å². The number of carboxylic acids is 1. The lowest BCUT2D eigenvalue weighted by Gasteiger charge is -2.14. The zero-order valence-electron chi connectivity index (χ0n) is 11.9. The average molecular weight is 315 g/mol. The number of nitrogens with one attached hydrogen (secondary N) is 1. The van der Waals surface area contributed by atoms with E-state index >= 15 is 0 Å². The number of carbonyl (C=O) groups is 2. The van der Waals surface area contributed by atoms with Gasteiger partial charge in [0.2, 0.25) is 0 Å². The first-order chi connectivity index (χ1) is 11.0. The van der Waals surface area contributed by atoms with Gasteiger partial charge in [0, 0.05) is 36.0 Å². The Morgan fingerprint density at radius 1 is 1.22 bits per heavy atom. The summed E-state index contributed by atoms with van der Waals surface area (Å²) in [6.07, 6.45) is 2.63. The molecule has 0 aliphatic heterocycles. The number of pyridine rings is 1. The van der Waals surface area contributed by atoms with E-state index in [9.17, 15) is 24.8 Å². The van der Waals surface area contributed by atoms with E-state index in [0.717, 1.165) is 0 Å². The highest BCUT2D eigenvalue weighted by Crippen LogP contribution is 2.19.